The number of carbonyl (C=O) groups is 1. The zero-order valence-corrected chi connectivity index (χ0v) is 18.7. The summed E-state index contributed by atoms with van der Waals surface area (Å²) in [4.78, 5) is 15.4. The SMILES string of the molecule is COc1cc(C2c3ccc(N(C)C)cc3OC(=N)C2C(=O)C(C)(C)C)cc2c1OCO2. The highest BCUT2D eigenvalue weighted by atomic mass is 16.7. The van der Waals surface area contributed by atoms with E-state index in [1.54, 1.807) is 7.11 Å². The molecule has 0 saturated carbocycles. The number of anilines is 1. The topological polar surface area (TPSA) is 81.1 Å². The van der Waals surface area contributed by atoms with E-state index in [-0.39, 0.29) is 18.5 Å². The molecule has 0 fully saturated rings. The molecule has 0 bridgehead atoms. The zero-order valence-electron chi connectivity index (χ0n) is 18.7. The van der Waals surface area contributed by atoms with Crippen LogP contribution in [-0.4, -0.2) is 39.7 Å². The first kappa shape index (κ1) is 21.0. The van der Waals surface area contributed by atoms with Gasteiger partial charge in [0, 0.05) is 42.7 Å². The second-order valence-electron chi connectivity index (χ2n) is 9.11. The molecule has 7 heteroatoms. The molecule has 164 valence electrons. The monoisotopic (exact) mass is 424 g/mol. The quantitative estimate of drug-likeness (QED) is 0.791. The number of benzene rings is 2. The van der Waals surface area contributed by atoms with E-state index in [0.717, 1.165) is 16.8 Å². The van der Waals surface area contributed by atoms with Crippen molar-refractivity contribution in [2.24, 2.45) is 11.3 Å². The fraction of sp³-hybridized carbons (Fsp3) is 0.417. The van der Waals surface area contributed by atoms with Gasteiger partial charge in [0.15, 0.2) is 23.2 Å². The molecule has 2 heterocycles. The predicted octanol–water partition coefficient (Wildman–Crippen LogP) is 4.22. The standard InChI is InChI=1S/C24H28N2O5/c1-24(2,3)22(27)20-19(13-9-17(28-6)21-18(10-13)29-12-30-21)15-8-7-14(26(4)5)11-16(15)31-23(20)25/h7-11,19-20,25H,12H2,1-6H3. The van der Waals surface area contributed by atoms with Crippen molar-refractivity contribution in [2.75, 3.05) is 32.9 Å². The molecule has 2 unspecified atom stereocenters. The van der Waals surface area contributed by atoms with Crippen molar-refractivity contribution in [3.8, 4) is 23.0 Å². The molecule has 2 aliphatic rings. The molecule has 0 aromatic heterocycles. The summed E-state index contributed by atoms with van der Waals surface area (Å²) in [5, 5.41) is 8.65. The van der Waals surface area contributed by atoms with Crippen LogP contribution >= 0.6 is 0 Å². The molecule has 2 aliphatic heterocycles. The Morgan fingerprint density at radius 3 is 2.52 bits per heavy atom. The predicted molar refractivity (Wildman–Crippen MR) is 118 cm³/mol. The van der Waals surface area contributed by atoms with Crippen molar-refractivity contribution in [1.29, 1.82) is 5.41 Å². The number of nitrogens with one attached hydrogen (secondary N) is 1. The van der Waals surface area contributed by atoms with Crippen molar-refractivity contribution in [2.45, 2.75) is 26.7 Å². The summed E-state index contributed by atoms with van der Waals surface area (Å²) in [6, 6.07) is 9.61. The first-order chi connectivity index (χ1) is 14.6. The second-order valence-corrected chi connectivity index (χ2v) is 9.11. The Morgan fingerprint density at radius 2 is 1.87 bits per heavy atom. The maximum Gasteiger partial charge on any atom is 0.231 e. The van der Waals surface area contributed by atoms with Gasteiger partial charge < -0.3 is 23.8 Å². The number of hydrogen-bond donors (Lipinski definition) is 1. The minimum Gasteiger partial charge on any atom is -0.493 e. The lowest BCUT2D eigenvalue weighted by atomic mass is 9.70. The third-order valence-electron chi connectivity index (χ3n) is 5.75. The molecule has 7 nitrogen and oxygen atoms in total. The van der Waals surface area contributed by atoms with E-state index in [0.29, 0.717) is 23.0 Å². The summed E-state index contributed by atoms with van der Waals surface area (Å²) in [6.45, 7) is 5.71. The van der Waals surface area contributed by atoms with Crippen LogP contribution in [0.5, 0.6) is 23.0 Å². The normalized spacial score (nSPS) is 19.5. The van der Waals surface area contributed by atoms with Crippen LogP contribution in [0.3, 0.4) is 0 Å². The summed E-state index contributed by atoms with van der Waals surface area (Å²) in [6.07, 6.45) is 0. The highest BCUT2D eigenvalue weighted by Gasteiger charge is 2.45. The maximum absolute atomic E-state index is 13.5. The van der Waals surface area contributed by atoms with Gasteiger partial charge in [-0.3, -0.25) is 10.2 Å². The summed E-state index contributed by atoms with van der Waals surface area (Å²) in [5.74, 6) is 0.958. The Labute approximate surface area is 182 Å². The van der Waals surface area contributed by atoms with E-state index in [2.05, 4.69) is 0 Å². The van der Waals surface area contributed by atoms with Crippen LogP contribution in [0.25, 0.3) is 0 Å². The van der Waals surface area contributed by atoms with Gasteiger partial charge in [0.1, 0.15) is 11.7 Å². The van der Waals surface area contributed by atoms with Crippen LogP contribution < -0.4 is 23.8 Å². The summed E-state index contributed by atoms with van der Waals surface area (Å²) in [5.41, 5.74) is 1.98. The lowest BCUT2D eigenvalue weighted by Crippen LogP contribution is -2.42. The van der Waals surface area contributed by atoms with Crippen LogP contribution in [0.2, 0.25) is 0 Å². The number of Topliss-reactive ketones (excluding diaryl/α,β-unsaturated/α-hetero) is 1. The number of ketones is 1. The molecule has 0 aliphatic carbocycles. The Balaban J connectivity index is 1.93. The van der Waals surface area contributed by atoms with Gasteiger partial charge in [0.25, 0.3) is 0 Å². The van der Waals surface area contributed by atoms with E-state index in [1.165, 1.54) is 0 Å². The minimum atomic E-state index is -0.761. The number of fused-ring (bicyclic) bond motifs is 2. The van der Waals surface area contributed by atoms with E-state index in [1.807, 2.05) is 70.1 Å². The highest BCUT2D eigenvalue weighted by molar-refractivity contribution is 6.05. The van der Waals surface area contributed by atoms with Crippen LogP contribution in [-0.2, 0) is 4.79 Å². The molecular weight excluding hydrogens is 396 g/mol. The zero-order chi connectivity index (χ0) is 22.5. The number of hydrogen-bond acceptors (Lipinski definition) is 7. The van der Waals surface area contributed by atoms with E-state index >= 15 is 0 Å². The fourth-order valence-corrected chi connectivity index (χ4v) is 4.10. The number of carbonyl (C=O) groups excluding carboxylic acids is 1. The molecule has 1 N–H and O–H groups in total. The first-order valence-corrected chi connectivity index (χ1v) is 10.2. The first-order valence-electron chi connectivity index (χ1n) is 10.2. The lowest BCUT2D eigenvalue weighted by Gasteiger charge is -2.36. The Hall–Kier alpha value is -3.22. The van der Waals surface area contributed by atoms with Crippen molar-refractivity contribution < 1.29 is 23.7 Å². The van der Waals surface area contributed by atoms with Gasteiger partial charge in [0.05, 0.1) is 7.11 Å². The molecular formula is C24H28N2O5. The van der Waals surface area contributed by atoms with E-state index < -0.39 is 17.3 Å². The van der Waals surface area contributed by atoms with E-state index in [4.69, 9.17) is 24.4 Å². The van der Waals surface area contributed by atoms with Gasteiger partial charge in [-0.15, -0.1) is 0 Å². The third kappa shape index (κ3) is 3.58. The summed E-state index contributed by atoms with van der Waals surface area (Å²) >= 11 is 0. The van der Waals surface area contributed by atoms with Gasteiger partial charge in [-0.1, -0.05) is 26.8 Å². The van der Waals surface area contributed by atoms with Gasteiger partial charge >= 0.3 is 0 Å². The number of ether oxygens (including phenoxy) is 4. The van der Waals surface area contributed by atoms with Gasteiger partial charge in [0.2, 0.25) is 12.5 Å². The molecule has 2 atom stereocenters. The number of rotatable bonds is 4. The molecule has 2 aromatic carbocycles. The lowest BCUT2D eigenvalue weighted by molar-refractivity contribution is -0.129. The van der Waals surface area contributed by atoms with Crippen LogP contribution in [0.1, 0.15) is 37.8 Å². The average molecular weight is 424 g/mol. The third-order valence-corrected chi connectivity index (χ3v) is 5.75. The van der Waals surface area contributed by atoms with Crippen LogP contribution in [0, 0.1) is 16.7 Å². The Bertz CT molecular complexity index is 1050. The second kappa shape index (κ2) is 7.48. The van der Waals surface area contributed by atoms with Gasteiger partial charge in [-0.05, 0) is 23.8 Å². The van der Waals surface area contributed by atoms with E-state index in [9.17, 15) is 4.79 Å². The molecule has 0 amide bonds. The Morgan fingerprint density at radius 1 is 1.13 bits per heavy atom. The van der Waals surface area contributed by atoms with Crippen molar-refractivity contribution >= 4 is 17.4 Å². The molecule has 2 aromatic rings. The highest BCUT2D eigenvalue weighted by Crippen LogP contribution is 2.50. The van der Waals surface area contributed by atoms with Crippen molar-refractivity contribution in [3.05, 3.63) is 41.5 Å². The Kier molecular flexibility index (Phi) is 5.07. The van der Waals surface area contributed by atoms with Gasteiger partial charge in [-0.25, -0.2) is 0 Å². The molecule has 31 heavy (non-hydrogen) atoms. The average Bonchev–Trinajstić information content (AvgIpc) is 3.19. The molecule has 0 radical (unpaired) electrons. The largest absolute Gasteiger partial charge is 0.493 e. The summed E-state index contributed by atoms with van der Waals surface area (Å²) < 4.78 is 22.6. The minimum absolute atomic E-state index is 0.0510. The summed E-state index contributed by atoms with van der Waals surface area (Å²) in [7, 11) is 5.46. The van der Waals surface area contributed by atoms with Crippen LogP contribution in [0.4, 0.5) is 5.69 Å². The van der Waals surface area contributed by atoms with Gasteiger partial charge in [-0.2, -0.15) is 0 Å². The molecule has 0 spiro atoms. The van der Waals surface area contributed by atoms with Crippen LogP contribution in [0.15, 0.2) is 30.3 Å². The molecule has 0 saturated heterocycles. The number of nitrogens with zero attached hydrogens (tertiary/aromatic N) is 1. The number of methoxy groups -OCH3 is 1. The van der Waals surface area contributed by atoms with Crippen molar-refractivity contribution in [3.63, 3.8) is 0 Å². The fourth-order valence-electron chi connectivity index (χ4n) is 4.10. The molecule has 4 rings (SSSR count). The maximum atomic E-state index is 13.5. The smallest absolute Gasteiger partial charge is 0.231 e. The van der Waals surface area contributed by atoms with Crippen molar-refractivity contribution in [1.82, 2.24) is 0 Å².